The molecule has 106 valence electrons. The first kappa shape index (κ1) is 13.5. The average molecular weight is 273 g/mol. The third kappa shape index (κ3) is 2.70. The second-order valence-electron chi connectivity index (χ2n) is 5.80. The number of likely N-dealkylation sites (tertiary alicyclic amines) is 1. The van der Waals surface area contributed by atoms with E-state index in [0.717, 1.165) is 13.1 Å². The zero-order valence-corrected chi connectivity index (χ0v) is 11.6. The number of nitrogens with zero attached hydrogens (tertiary/aromatic N) is 2. The molecule has 1 aromatic carbocycles. The summed E-state index contributed by atoms with van der Waals surface area (Å²) in [7, 11) is 0. The molecular formula is C16H20FN3. The maximum absolute atomic E-state index is 14.0. The number of rotatable bonds is 3. The van der Waals surface area contributed by atoms with Crippen LogP contribution in [0.5, 0.6) is 0 Å². The average Bonchev–Trinajstić information content (AvgIpc) is 3.11. The molecule has 1 aromatic rings. The van der Waals surface area contributed by atoms with Gasteiger partial charge in [0, 0.05) is 24.2 Å². The van der Waals surface area contributed by atoms with E-state index in [9.17, 15) is 4.39 Å². The van der Waals surface area contributed by atoms with Crippen LogP contribution in [-0.2, 0) is 6.54 Å². The van der Waals surface area contributed by atoms with Crippen molar-refractivity contribution in [1.82, 2.24) is 10.2 Å². The quantitative estimate of drug-likeness (QED) is 0.919. The molecule has 3 nitrogen and oxygen atoms in total. The molecule has 2 atom stereocenters. The van der Waals surface area contributed by atoms with Crippen LogP contribution in [0.4, 0.5) is 4.39 Å². The number of nitriles is 1. The number of nitrogens with one attached hydrogen (secondary N) is 1. The molecule has 3 rings (SSSR count). The fourth-order valence-corrected chi connectivity index (χ4v) is 3.51. The van der Waals surface area contributed by atoms with Gasteiger partial charge in [-0.25, -0.2) is 4.39 Å². The maximum Gasteiger partial charge on any atom is 0.129 e. The van der Waals surface area contributed by atoms with Crippen LogP contribution < -0.4 is 5.32 Å². The molecule has 2 heterocycles. The molecule has 0 bridgehead atoms. The first-order chi connectivity index (χ1) is 9.78. The van der Waals surface area contributed by atoms with Crippen molar-refractivity contribution in [1.29, 1.82) is 5.26 Å². The van der Waals surface area contributed by atoms with Crippen LogP contribution in [0, 0.1) is 17.1 Å². The Labute approximate surface area is 119 Å². The molecule has 2 fully saturated rings. The van der Waals surface area contributed by atoms with Crippen LogP contribution in [0.3, 0.4) is 0 Å². The van der Waals surface area contributed by atoms with Crippen molar-refractivity contribution in [2.45, 2.75) is 44.3 Å². The molecule has 0 radical (unpaired) electrons. The summed E-state index contributed by atoms with van der Waals surface area (Å²) in [6, 6.07) is 7.88. The topological polar surface area (TPSA) is 39.1 Å². The van der Waals surface area contributed by atoms with E-state index in [1.54, 1.807) is 12.1 Å². The van der Waals surface area contributed by atoms with Gasteiger partial charge in [0.25, 0.3) is 0 Å². The van der Waals surface area contributed by atoms with Gasteiger partial charge in [0.1, 0.15) is 5.82 Å². The smallest absolute Gasteiger partial charge is 0.129 e. The van der Waals surface area contributed by atoms with Gasteiger partial charge in [-0.05, 0) is 50.9 Å². The van der Waals surface area contributed by atoms with Gasteiger partial charge in [0.05, 0.1) is 11.6 Å². The van der Waals surface area contributed by atoms with E-state index in [4.69, 9.17) is 5.26 Å². The lowest BCUT2D eigenvalue weighted by Gasteiger charge is -2.29. The van der Waals surface area contributed by atoms with Crippen molar-refractivity contribution < 1.29 is 4.39 Å². The molecule has 0 aromatic heterocycles. The summed E-state index contributed by atoms with van der Waals surface area (Å²) in [5.74, 6) is -0.255. The zero-order chi connectivity index (χ0) is 13.9. The third-order valence-electron chi connectivity index (χ3n) is 4.53. The van der Waals surface area contributed by atoms with Gasteiger partial charge >= 0.3 is 0 Å². The summed E-state index contributed by atoms with van der Waals surface area (Å²) in [6.45, 7) is 2.81. The zero-order valence-electron chi connectivity index (χ0n) is 11.6. The molecule has 2 unspecified atom stereocenters. The summed E-state index contributed by atoms with van der Waals surface area (Å²) < 4.78 is 14.0. The van der Waals surface area contributed by atoms with Crippen LogP contribution in [0.25, 0.3) is 0 Å². The van der Waals surface area contributed by atoms with E-state index >= 15 is 0 Å². The van der Waals surface area contributed by atoms with Gasteiger partial charge in [-0.3, -0.25) is 4.90 Å². The predicted octanol–water partition coefficient (Wildman–Crippen LogP) is 2.41. The minimum absolute atomic E-state index is 0.255. The monoisotopic (exact) mass is 273 g/mol. The van der Waals surface area contributed by atoms with Crippen LogP contribution in [0.2, 0.25) is 0 Å². The summed E-state index contributed by atoms with van der Waals surface area (Å²) in [5, 5.41) is 12.4. The second-order valence-corrected chi connectivity index (χ2v) is 5.80. The van der Waals surface area contributed by atoms with Crippen LogP contribution >= 0.6 is 0 Å². The lowest BCUT2D eigenvalue weighted by atomic mass is 10.0. The SMILES string of the molecule is N#Cc1ccc(CN2CCCC2C2CCCN2)c(F)c1. The van der Waals surface area contributed by atoms with Gasteiger partial charge in [-0.1, -0.05) is 6.07 Å². The minimum Gasteiger partial charge on any atom is -0.312 e. The Hall–Kier alpha value is -1.44. The predicted molar refractivity (Wildman–Crippen MR) is 75.6 cm³/mol. The summed E-state index contributed by atoms with van der Waals surface area (Å²) in [4.78, 5) is 2.40. The Morgan fingerprint density at radius 3 is 2.95 bits per heavy atom. The van der Waals surface area contributed by atoms with Crippen molar-refractivity contribution >= 4 is 0 Å². The molecular weight excluding hydrogens is 253 g/mol. The van der Waals surface area contributed by atoms with E-state index in [1.165, 1.54) is 31.7 Å². The van der Waals surface area contributed by atoms with E-state index in [2.05, 4.69) is 10.2 Å². The number of hydrogen-bond donors (Lipinski definition) is 1. The number of halogens is 1. The highest BCUT2D eigenvalue weighted by Gasteiger charge is 2.33. The molecule has 0 aliphatic carbocycles. The van der Waals surface area contributed by atoms with Crippen LogP contribution in [0.1, 0.15) is 36.8 Å². The van der Waals surface area contributed by atoms with Crippen molar-refractivity contribution in [2.24, 2.45) is 0 Å². The highest BCUT2D eigenvalue weighted by molar-refractivity contribution is 5.32. The second kappa shape index (κ2) is 5.90. The van der Waals surface area contributed by atoms with Gasteiger partial charge in [-0.15, -0.1) is 0 Å². The van der Waals surface area contributed by atoms with Crippen molar-refractivity contribution in [3.8, 4) is 6.07 Å². The van der Waals surface area contributed by atoms with E-state index in [0.29, 0.717) is 29.8 Å². The lowest BCUT2D eigenvalue weighted by molar-refractivity contribution is 0.204. The van der Waals surface area contributed by atoms with Crippen molar-refractivity contribution in [2.75, 3.05) is 13.1 Å². The Bertz CT molecular complexity index is 517. The van der Waals surface area contributed by atoms with Crippen LogP contribution in [-0.4, -0.2) is 30.1 Å². The minimum atomic E-state index is -0.255. The molecule has 2 saturated heterocycles. The highest BCUT2D eigenvalue weighted by atomic mass is 19.1. The van der Waals surface area contributed by atoms with Crippen molar-refractivity contribution in [3.63, 3.8) is 0 Å². The first-order valence-corrected chi connectivity index (χ1v) is 7.44. The normalized spacial score (nSPS) is 26.8. The molecule has 0 saturated carbocycles. The van der Waals surface area contributed by atoms with E-state index < -0.39 is 0 Å². The maximum atomic E-state index is 14.0. The first-order valence-electron chi connectivity index (χ1n) is 7.44. The summed E-state index contributed by atoms with van der Waals surface area (Å²) in [5.41, 5.74) is 1.09. The molecule has 4 heteroatoms. The number of hydrogen-bond acceptors (Lipinski definition) is 3. The van der Waals surface area contributed by atoms with E-state index in [-0.39, 0.29) is 5.82 Å². The molecule has 0 amide bonds. The Kier molecular flexibility index (Phi) is 4.00. The van der Waals surface area contributed by atoms with Crippen molar-refractivity contribution in [3.05, 3.63) is 35.1 Å². The summed E-state index contributed by atoms with van der Waals surface area (Å²) >= 11 is 0. The Morgan fingerprint density at radius 2 is 2.25 bits per heavy atom. The fraction of sp³-hybridized carbons (Fsp3) is 0.562. The third-order valence-corrected chi connectivity index (χ3v) is 4.53. The molecule has 2 aliphatic heterocycles. The fourth-order valence-electron chi connectivity index (χ4n) is 3.51. The molecule has 2 aliphatic rings. The molecule has 1 N–H and O–H groups in total. The van der Waals surface area contributed by atoms with E-state index in [1.807, 2.05) is 6.07 Å². The Morgan fingerprint density at radius 1 is 1.35 bits per heavy atom. The molecule has 0 spiro atoms. The van der Waals surface area contributed by atoms with Gasteiger partial charge in [0.15, 0.2) is 0 Å². The lowest BCUT2D eigenvalue weighted by Crippen LogP contribution is -2.43. The molecule has 20 heavy (non-hydrogen) atoms. The Balaban J connectivity index is 1.71. The summed E-state index contributed by atoms with van der Waals surface area (Å²) in [6.07, 6.45) is 4.88. The number of benzene rings is 1. The van der Waals surface area contributed by atoms with Gasteiger partial charge in [-0.2, -0.15) is 5.26 Å². The van der Waals surface area contributed by atoms with Gasteiger partial charge in [0.2, 0.25) is 0 Å². The van der Waals surface area contributed by atoms with Gasteiger partial charge < -0.3 is 5.32 Å². The largest absolute Gasteiger partial charge is 0.312 e. The van der Waals surface area contributed by atoms with Crippen LogP contribution in [0.15, 0.2) is 18.2 Å². The highest BCUT2D eigenvalue weighted by Crippen LogP contribution is 2.27. The standard InChI is InChI=1S/C16H20FN3/c17-14-9-12(10-18)5-6-13(14)11-20-8-2-4-16(20)15-3-1-7-19-15/h5-6,9,15-16,19H,1-4,7-8,11H2.